The highest BCUT2D eigenvalue weighted by molar-refractivity contribution is 5.82. The Morgan fingerprint density at radius 1 is 1.38 bits per heavy atom. The molecule has 1 aliphatic rings. The number of rotatable bonds is 5. The lowest BCUT2D eigenvalue weighted by atomic mass is 10.2. The van der Waals surface area contributed by atoms with Gasteiger partial charge in [-0.25, -0.2) is 0 Å². The van der Waals surface area contributed by atoms with E-state index in [0.717, 1.165) is 19.5 Å². The van der Waals surface area contributed by atoms with Gasteiger partial charge in [-0.2, -0.15) is 0 Å². The first-order valence-electron chi connectivity index (χ1n) is 7.47. The lowest BCUT2D eigenvalue weighted by molar-refractivity contribution is -0.125. The molecular weight excluding hydrogens is 266 g/mol. The van der Waals surface area contributed by atoms with E-state index in [-0.39, 0.29) is 11.9 Å². The summed E-state index contributed by atoms with van der Waals surface area (Å²) < 4.78 is 7.51. The molecule has 1 aliphatic heterocycles. The van der Waals surface area contributed by atoms with Crippen molar-refractivity contribution in [3.8, 4) is 0 Å². The molecule has 1 atom stereocenters. The van der Waals surface area contributed by atoms with E-state index in [1.54, 1.807) is 0 Å². The summed E-state index contributed by atoms with van der Waals surface area (Å²) in [5.41, 5.74) is 1.24. The van der Waals surface area contributed by atoms with Gasteiger partial charge in [0.05, 0.1) is 13.2 Å². The predicted octanol–water partition coefficient (Wildman–Crippen LogP) is 1.14. The lowest BCUT2D eigenvalue weighted by Gasteiger charge is -2.22. The molecule has 5 nitrogen and oxygen atoms in total. The number of hydrogen-bond donors (Lipinski definition) is 2. The quantitative estimate of drug-likeness (QED) is 0.811. The number of nitrogens with one attached hydrogen (secondary N) is 2. The highest BCUT2D eigenvalue weighted by Gasteiger charge is 2.20. The summed E-state index contributed by atoms with van der Waals surface area (Å²) >= 11 is 0. The Bertz CT molecular complexity index is 602. The fourth-order valence-corrected chi connectivity index (χ4v) is 2.65. The van der Waals surface area contributed by atoms with Crippen molar-refractivity contribution in [1.29, 1.82) is 0 Å². The first-order chi connectivity index (χ1) is 10.3. The molecule has 5 heteroatoms. The molecule has 1 aromatic heterocycles. The molecule has 0 aliphatic carbocycles. The third kappa shape index (κ3) is 3.43. The number of para-hydroxylation sites is 1. The number of aryl methyl sites for hydroxylation is 1. The number of carbonyl (C=O) groups is 1. The van der Waals surface area contributed by atoms with Crippen LogP contribution in [0.2, 0.25) is 0 Å². The van der Waals surface area contributed by atoms with Crippen LogP contribution in [0.15, 0.2) is 36.5 Å². The summed E-state index contributed by atoms with van der Waals surface area (Å²) in [4.78, 5) is 11.9. The molecule has 112 valence electrons. The summed E-state index contributed by atoms with van der Waals surface area (Å²) in [5, 5.41) is 7.38. The average Bonchev–Trinajstić information content (AvgIpc) is 2.95. The fourth-order valence-electron chi connectivity index (χ4n) is 2.65. The molecule has 1 aromatic carbocycles. The monoisotopic (exact) mass is 287 g/mol. The minimum atomic E-state index is -0.203. The van der Waals surface area contributed by atoms with Gasteiger partial charge in [-0.1, -0.05) is 18.2 Å². The Hall–Kier alpha value is -1.85. The maximum absolute atomic E-state index is 11.9. The Morgan fingerprint density at radius 3 is 3.14 bits per heavy atom. The van der Waals surface area contributed by atoms with Gasteiger partial charge in [0.1, 0.15) is 6.04 Å². The van der Waals surface area contributed by atoms with Crippen molar-refractivity contribution in [2.45, 2.75) is 19.0 Å². The van der Waals surface area contributed by atoms with E-state index in [0.29, 0.717) is 19.8 Å². The van der Waals surface area contributed by atoms with Crippen LogP contribution < -0.4 is 10.6 Å². The fraction of sp³-hybridized carbons (Fsp3) is 0.438. The normalized spacial score (nSPS) is 18.8. The van der Waals surface area contributed by atoms with Crippen molar-refractivity contribution in [3.05, 3.63) is 36.5 Å². The molecule has 0 spiro atoms. The number of hydrogen-bond acceptors (Lipinski definition) is 3. The maximum atomic E-state index is 11.9. The van der Waals surface area contributed by atoms with Gasteiger partial charge in [0, 0.05) is 31.3 Å². The summed E-state index contributed by atoms with van der Waals surface area (Å²) in [6.45, 7) is 3.48. The summed E-state index contributed by atoms with van der Waals surface area (Å²) in [5.74, 6) is 0.0343. The molecule has 2 N–H and O–H groups in total. The van der Waals surface area contributed by atoms with Gasteiger partial charge in [0.25, 0.3) is 0 Å². The van der Waals surface area contributed by atoms with E-state index >= 15 is 0 Å². The lowest BCUT2D eigenvalue weighted by Crippen LogP contribution is -2.51. The highest BCUT2D eigenvalue weighted by atomic mass is 16.5. The zero-order valence-corrected chi connectivity index (χ0v) is 12.0. The smallest absolute Gasteiger partial charge is 0.239 e. The second kappa shape index (κ2) is 6.74. The van der Waals surface area contributed by atoms with Crippen LogP contribution in [0.1, 0.15) is 6.42 Å². The Balaban J connectivity index is 1.44. The molecule has 1 fully saturated rings. The van der Waals surface area contributed by atoms with E-state index in [1.165, 1.54) is 10.9 Å². The van der Waals surface area contributed by atoms with Crippen LogP contribution in [-0.4, -0.2) is 42.8 Å². The van der Waals surface area contributed by atoms with Crippen LogP contribution in [0.3, 0.4) is 0 Å². The van der Waals surface area contributed by atoms with Crippen molar-refractivity contribution in [2.75, 3.05) is 26.3 Å². The molecular formula is C16H21N3O2. The second-order valence-corrected chi connectivity index (χ2v) is 5.29. The summed E-state index contributed by atoms with van der Waals surface area (Å²) in [7, 11) is 0. The number of fused-ring (bicyclic) bond motifs is 1. The number of benzene rings is 1. The standard InChI is InChI=1S/C16H21N3O2/c20-16(14-12-21-11-8-17-14)18-7-3-9-19-10-6-13-4-1-2-5-15(13)19/h1-2,4-6,10,14,17H,3,7-9,11-12H2,(H,18,20). The number of nitrogens with zero attached hydrogens (tertiary/aromatic N) is 1. The Morgan fingerprint density at radius 2 is 2.29 bits per heavy atom. The van der Waals surface area contributed by atoms with E-state index < -0.39 is 0 Å². The summed E-state index contributed by atoms with van der Waals surface area (Å²) in [6.07, 6.45) is 3.01. The molecule has 1 amide bonds. The topological polar surface area (TPSA) is 55.3 Å². The predicted molar refractivity (Wildman–Crippen MR) is 82.2 cm³/mol. The van der Waals surface area contributed by atoms with Gasteiger partial charge < -0.3 is 19.9 Å². The van der Waals surface area contributed by atoms with Gasteiger partial charge in [-0.15, -0.1) is 0 Å². The van der Waals surface area contributed by atoms with E-state index in [9.17, 15) is 4.79 Å². The highest BCUT2D eigenvalue weighted by Crippen LogP contribution is 2.15. The maximum Gasteiger partial charge on any atom is 0.239 e. The van der Waals surface area contributed by atoms with E-state index in [2.05, 4.69) is 45.7 Å². The van der Waals surface area contributed by atoms with Crippen molar-refractivity contribution < 1.29 is 9.53 Å². The summed E-state index contributed by atoms with van der Waals surface area (Å²) in [6, 6.07) is 10.3. The number of aromatic nitrogens is 1. The first kappa shape index (κ1) is 14.1. The number of amides is 1. The Labute approximate surface area is 124 Å². The van der Waals surface area contributed by atoms with Crippen LogP contribution in [-0.2, 0) is 16.1 Å². The van der Waals surface area contributed by atoms with Crippen molar-refractivity contribution in [1.82, 2.24) is 15.2 Å². The number of carbonyl (C=O) groups excluding carboxylic acids is 1. The van der Waals surface area contributed by atoms with Crippen molar-refractivity contribution in [2.24, 2.45) is 0 Å². The SMILES string of the molecule is O=C(NCCCn1ccc2ccccc21)C1COCCN1. The minimum absolute atomic E-state index is 0.0343. The van der Waals surface area contributed by atoms with Gasteiger partial charge >= 0.3 is 0 Å². The Kier molecular flexibility index (Phi) is 4.52. The molecule has 1 unspecified atom stereocenters. The van der Waals surface area contributed by atoms with Gasteiger partial charge in [0.2, 0.25) is 5.91 Å². The third-order valence-corrected chi connectivity index (χ3v) is 3.79. The molecule has 1 saturated heterocycles. The van der Waals surface area contributed by atoms with Crippen LogP contribution in [0, 0.1) is 0 Å². The van der Waals surface area contributed by atoms with Crippen LogP contribution in [0.25, 0.3) is 10.9 Å². The molecule has 0 radical (unpaired) electrons. The van der Waals surface area contributed by atoms with Gasteiger partial charge in [0.15, 0.2) is 0 Å². The van der Waals surface area contributed by atoms with Crippen molar-refractivity contribution in [3.63, 3.8) is 0 Å². The van der Waals surface area contributed by atoms with Crippen LogP contribution in [0.4, 0.5) is 0 Å². The molecule has 2 aromatic rings. The van der Waals surface area contributed by atoms with Crippen molar-refractivity contribution >= 4 is 16.8 Å². The third-order valence-electron chi connectivity index (χ3n) is 3.79. The molecule has 3 rings (SSSR count). The number of ether oxygens (including phenoxy) is 1. The minimum Gasteiger partial charge on any atom is -0.378 e. The molecule has 21 heavy (non-hydrogen) atoms. The second-order valence-electron chi connectivity index (χ2n) is 5.29. The van der Waals surface area contributed by atoms with Crippen LogP contribution >= 0.6 is 0 Å². The van der Waals surface area contributed by atoms with Crippen LogP contribution in [0.5, 0.6) is 0 Å². The number of morpholine rings is 1. The zero-order valence-electron chi connectivity index (χ0n) is 12.0. The molecule has 0 saturated carbocycles. The van der Waals surface area contributed by atoms with Gasteiger partial charge in [-0.3, -0.25) is 4.79 Å². The first-order valence-corrected chi connectivity index (χ1v) is 7.47. The van der Waals surface area contributed by atoms with E-state index in [1.807, 2.05) is 6.07 Å². The zero-order chi connectivity index (χ0) is 14.5. The van der Waals surface area contributed by atoms with E-state index in [4.69, 9.17) is 4.74 Å². The van der Waals surface area contributed by atoms with Gasteiger partial charge in [-0.05, 0) is 23.9 Å². The molecule has 2 heterocycles. The average molecular weight is 287 g/mol. The molecule has 0 bridgehead atoms. The largest absolute Gasteiger partial charge is 0.378 e.